The quantitative estimate of drug-likeness (QED) is 0.329. The number of hydrogen-bond donors (Lipinski definition) is 4. The normalized spacial score (nSPS) is 11.3. The molecule has 0 aliphatic rings. The van der Waals surface area contributed by atoms with Crippen molar-refractivity contribution in [2.75, 3.05) is 0 Å². The predicted octanol–water partition coefficient (Wildman–Crippen LogP) is -0.559. The van der Waals surface area contributed by atoms with Crippen LogP contribution in [0.1, 0.15) is 26.2 Å². The monoisotopic (exact) mass is 164 g/mol. The minimum absolute atomic E-state index is 0.367. The van der Waals surface area contributed by atoms with Crippen molar-refractivity contribution in [1.29, 1.82) is 0 Å². The number of unbranched alkanes of at least 4 members (excludes halogenated alkanes) is 1. The summed E-state index contributed by atoms with van der Waals surface area (Å²) in [6.45, 7) is 1.95. The molecule has 0 heterocycles. The standard InChI is InChI=1S/C6H12O3.H4N2/c1-2-3-4-5(7)6(8)9;1-2/h5,7H,2-4H2,1H3,(H,8,9);1-2H2. The fraction of sp³-hybridized carbons (Fsp3) is 0.833. The van der Waals surface area contributed by atoms with Crippen LogP contribution in [0.4, 0.5) is 0 Å². The SMILES string of the molecule is CCCCC(O)C(=O)O.NN. The lowest BCUT2D eigenvalue weighted by molar-refractivity contribution is -0.146. The molecule has 0 amide bonds. The van der Waals surface area contributed by atoms with Crippen LogP contribution in [0.15, 0.2) is 0 Å². The van der Waals surface area contributed by atoms with Gasteiger partial charge in [-0.15, -0.1) is 0 Å². The van der Waals surface area contributed by atoms with Crippen molar-refractivity contribution < 1.29 is 15.0 Å². The Bertz CT molecular complexity index is 97.8. The van der Waals surface area contributed by atoms with E-state index in [4.69, 9.17) is 10.2 Å². The van der Waals surface area contributed by atoms with E-state index >= 15 is 0 Å². The number of hydrazine groups is 1. The first-order valence-electron chi connectivity index (χ1n) is 3.42. The first-order chi connectivity index (χ1) is 5.18. The fourth-order valence-electron chi connectivity index (χ4n) is 0.521. The molecule has 0 radical (unpaired) electrons. The second-order valence-corrected chi connectivity index (χ2v) is 2.00. The maximum atomic E-state index is 9.96. The topological polar surface area (TPSA) is 110 Å². The van der Waals surface area contributed by atoms with Crippen LogP contribution in [-0.2, 0) is 4.79 Å². The summed E-state index contributed by atoms with van der Waals surface area (Å²) in [5.41, 5.74) is 0. The lowest BCUT2D eigenvalue weighted by Crippen LogP contribution is -2.18. The summed E-state index contributed by atoms with van der Waals surface area (Å²) >= 11 is 0. The zero-order valence-corrected chi connectivity index (χ0v) is 6.66. The zero-order chi connectivity index (χ0) is 9.28. The Morgan fingerprint density at radius 3 is 2.27 bits per heavy atom. The van der Waals surface area contributed by atoms with Crippen LogP contribution in [-0.4, -0.2) is 22.3 Å². The van der Waals surface area contributed by atoms with Crippen LogP contribution in [0.3, 0.4) is 0 Å². The van der Waals surface area contributed by atoms with Gasteiger partial charge in [0.2, 0.25) is 0 Å². The second-order valence-electron chi connectivity index (χ2n) is 2.00. The van der Waals surface area contributed by atoms with E-state index in [1.54, 1.807) is 0 Å². The first kappa shape index (κ1) is 13.0. The lowest BCUT2D eigenvalue weighted by atomic mass is 10.2. The summed E-state index contributed by atoms with van der Waals surface area (Å²) < 4.78 is 0. The second kappa shape index (κ2) is 9.35. The molecule has 0 aromatic heterocycles. The van der Waals surface area contributed by atoms with E-state index in [0.717, 1.165) is 12.8 Å². The summed E-state index contributed by atoms with van der Waals surface area (Å²) in [4.78, 5) is 9.96. The zero-order valence-electron chi connectivity index (χ0n) is 6.66. The van der Waals surface area contributed by atoms with Gasteiger partial charge in [0.05, 0.1) is 0 Å². The van der Waals surface area contributed by atoms with Crippen LogP contribution in [0.2, 0.25) is 0 Å². The number of rotatable bonds is 4. The van der Waals surface area contributed by atoms with Crippen molar-refractivity contribution in [2.45, 2.75) is 32.3 Å². The molecule has 6 N–H and O–H groups in total. The molecule has 5 heteroatoms. The average Bonchev–Trinajstić information content (AvgIpc) is 2.03. The molecule has 0 aromatic carbocycles. The number of aliphatic hydroxyl groups excluding tert-OH is 1. The molecule has 0 aromatic rings. The van der Waals surface area contributed by atoms with E-state index in [1.807, 2.05) is 6.92 Å². The van der Waals surface area contributed by atoms with Gasteiger partial charge in [-0.3, -0.25) is 11.7 Å². The number of aliphatic carboxylic acids is 1. The summed E-state index contributed by atoms with van der Waals surface area (Å²) in [5.74, 6) is 6.88. The Kier molecular flexibility index (Phi) is 11.0. The highest BCUT2D eigenvalue weighted by atomic mass is 16.4. The molecule has 5 nitrogen and oxygen atoms in total. The fourth-order valence-corrected chi connectivity index (χ4v) is 0.521. The van der Waals surface area contributed by atoms with Crippen LogP contribution < -0.4 is 11.7 Å². The van der Waals surface area contributed by atoms with E-state index in [0.29, 0.717) is 6.42 Å². The third-order valence-electron chi connectivity index (χ3n) is 1.12. The molecule has 11 heavy (non-hydrogen) atoms. The van der Waals surface area contributed by atoms with Crippen LogP contribution in [0.5, 0.6) is 0 Å². The molecular weight excluding hydrogens is 148 g/mol. The van der Waals surface area contributed by atoms with E-state index in [-0.39, 0.29) is 0 Å². The smallest absolute Gasteiger partial charge is 0.332 e. The van der Waals surface area contributed by atoms with Gasteiger partial charge in [0.15, 0.2) is 6.10 Å². The minimum atomic E-state index is -1.16. The van der Waals surface area contributed by atoms with Crippen LogP contribution in [0, 0.1) is 0 Å². The van der Waals surface area contributed by atoms with Crippen molar-refractivity contribution in [3.8, 4) is 0 Å². The molecule has 1 unspecified atom stereocenters. The lowest BCUT2D eigenvalue weighted by Gasteiger charge is -2.01. The van der Waals surface area contributed by atoms with Crippen LogP contribution in [0.25, 0.3) is 0 Å². The minimum Gasteiger partial charge on any atom is -0.479 e. The van der Waals surface area contributed by atoms with Gasteiger partial charge in [-0.1, -0.05) is 19.8 Å². The third kappa shape index (κ3) is 9.35. The number of aliphatic hydroxyl groups is 1. The summed E-state index contributed by atoms with van der Waals surface area (Å²) in [6.07, 6.45) is 0.897. The van der Waals surface area contributed by atoms with Crippen molar-refractivity contribution in [2.24, 2.45) is 11.7 Å². The summed E-state index contributed by atoms with van der Waals surface area (Å²) in [7, 11) is 0. The molecular formula is C6H16N2O3. The van der Waals surface area contributed by atoms with Gasteiger partial charge in [-0.05, 0) is 6.42 Å². The molecule has 0 rings (SSSR count). The Morgan fingerprint density at radius 1 is 1.55 bits per heavy atom. The molecule has 0 aliphatic carbocycles. The largest absolute Gasteiger partial charge is 0.479 e. The molecule has 0 bridgehead atoms. The molecule has 0 fully saturated rings. The third-order valence-corrected chi connectivity index (χ3v) is 1.12. The molecule has 0 aliphatic heterocycles. The highest BCUT2D eigenvalue weighted by molar-refractivity contribution is 5.71. The van der Waals surface area contributed by atoms with Gasteiger partial charge in [0.1, 0.15) is 0 Å². The molecule has 0 saturated heterocycles. The summed E-state index contributed by atoms with van der Waals surface area (Å²) in [5, 5.41) is 16.8. The van der Waals surface area contributed by atoms with Crippen LogP contribution >= 0.6 is 0 Å². The maximum absolute atomic E-state index is 9.96. The molecule has 0 saturated carbocycles. The van der Waals surface area contributed by atoms with E-state index in [1.165, 1.54) is 0 Å². The van der Waals surface area contributed by atoms with Crippen molar-refractivity contribution >= 4 is 5.97 Å². The maximum Gasteiger partial charge on any atom is 0.332 e. The number of hydrogen-bond acceptors (Lipinski definition) is 4. The molecule has 0 spiro atoms. The van der Waals surface area contributed by atoms with Gasteiger partial charge in [-0.2, -0.15) is 0 Å². The highest BCUT2D eigenvalue weighted by Crippen LogP contribution is 1.99. The number of carboxylic acid groups (broad SMARTS) is 1. The van der Waals surface area contributed by atoms with Gasteiger partial charge in [0.25, 0.3) is 0 Å². The van der Waals surface area contributed by atoms with E-state index in [9.17, 15) is 4.79 Å². The van der Waals surface area contributed by atoms with Gasteiger partial charge < -0.3 is 10.2 Å². The van der Waals surface area contributed by atoms with E-state index in [2.05, 4.69) is 11.7 Å². The highest BCUT2D eigenvalue weighted by Gasteiger charge is 2.10. The Labute approximate surface area is 66.0 Å². The Hall–Kier alpha value is -0.650. The van der Waals surface area contributed by atoms with Crippen molar-refractivity contribution in [1.82, 2.24) is 0 Å². The molecule has 68 valence electrons. The number of carbonyl (C=O) groups is 1. The summed E-state index contributed by atoms with van der Waals surface area (Å²) in [6, 6.07) is 0. The Balaban J connectivity index is 0. The van der Waals surface area contributed by atoms with Crippen molar-refractivity contribution in [3.05, 3.63) is 0 Å². The van der Waals surface area contributed by atoms with Gasteiger partial charge in [0, 0.05) is 0 Å². The van der Waals surface area contributed by atoms with Gasteiger partial charge >= 0.3 is 5.97 Å². The number of nitrogens with two attached hydrogens (primary N) is 2. The number of carboxylic acids is 1. The van der Waals surface area contributed by atoms with Gasteiger partial charge in [-0.25, -0.2) is 4.79 Å². The van der Waals surface area contributed by atoms with Crippen molar-refractivity contribution in [3.63, 3.8) is 0 Å². The Morgan fingerprint density at radius 2 is 2.00 bits per heavy atom. The predicted molar refractivity (Wildman–Crippen MR) is 41.5 cm³/mol. The van der Waals surface area contributed by atoms with E-state index < -0.39 is 12.1 Å². The average molecular weight is 164 g/mol. The molecule has 1 atom stereocenters. The first-order valence-corrected chi connectivity index (χ1v) is 3.42.